The maximum atomic E-state index is 14.7. The minimum atomic E-state index is -4.58. The van der Waals surface area contributed by atoms with Crippen molar-refractivity contribution in [2.75, 3.05) is 13.1 Å². The molecule has 0 unspecified atom stereocenters. The molecule has 8 nitrogen and oxygen atoms in total. The van der Waals surface area contributed by atoms with Crippen molar-refractivity contribution in [3.63, 3.8) is 0 Å². The molecule has 208 valence electrons. The molecule has 0 aliphatic carbocycles. The Morgan fingerprint density at radius 3 is 2.62 bits per heavy atom. The molecule has 2 aromatic carbocycles. The lowest BCUT2D eigenvalue weighted by atomic mass is 9.88. The number of nitrogens with zero attached hydrogens (tertiary/aromatic N) is 5. The van der Waals surface area contributed by atoms with Gasteiger partial charge in [-0.1, -0.05) is 23.7 Å². The van der Waals surface area contributed by atoms with E-state index in [0.29, 0.717) is 37.4 Å². The third-order valence-corrected chi connectivity index (χ3v) is 7.55. The van der Waals surface area contributed by atoms with Gasteiger partial charge in [0.2, 0.25) is 5.82 Å². The van der Waals surface area contributed by atoms with Crippen LogP contribution in [0.15, 0.2) is 48.7 Å². The fourth-order valence-corrected chi connectivity index (χ4v) is 5.48. The van der Waals surface area contributed by atoms with Gasteiger partial charge in [-0.2, -0.15) is 18.4 Å². The van der Waals surface area contributed by atoms with Gasteiger partial charge in [-0.15, -0.1) is 10.2 Å². The molecule has 2 aromatic heterocycles. The van der Waals surface area contributed by atoms with Gasteiger partial charge in [-0.3, -0.25) is 9.88 Å². The summed E-state index contributed by atoms with van der Waals surface area (Å²) in [4.78, 5) is 6.07. The van der Waals surface area contributed by atoms with Crippen molar-refractivity contribution >= 4 is 11.6 Å². The lowest BCUT2D eigenvalue weighted by Crippen LogP contribution is -2.34. The van der Waals surface area contributed by atoms with Crippen molar-refractivity contribution in [1.29, 1.82) is 0 Å². The smallest absolute Gasteiger partial charge is 0.418 e. The van der Waals surface area contributed by atoms with Crippen molar-refractivity contribution in [1.82, 2.24) is 30.5 Å². The number of rotatable bonds is 5. The van der Waals surface area contributed by atoms with E-state index in [9.17, 15) is 17.6 Å². The second-order valence-corrected chi connectivity index (χ2v) is 10.4. The van der Waals surface area contributed by atoms with E-state index in [1.54, 1.807) is 25.1 Å². The molecule has 0 saturated carbocycles. The molecule has 6 rings (SSSR count). The number of tetrazole rings is 1. The Bertz CT molecular complexity index is 1540. The van der Waals surface area contributed by atoms with Gasteiger partial charge in [0, 0.05) is 35.8 Å². The topological polar surface area (TPSA) is 89.1 Å². The van der Waals surface area contributed by atoms with Gasteiger partial charge in [-0.25, -0.2) is 4.39 Å². The summed E-state index contributed by atoms with van der Waals surface area (Å²) in [6, 6.07) is 10.9. The van der Waals surface area contributed by atoms with E-state index in [0.717, 1.165) is 11.6 Å². The molecule has 0 spiro atoms. The fourth-order valence-electron chi connectivity index (χ4n) is 5.32. The van der Waals surface area contributed by atoms with Crippen LogP contribution in [0.1, 0.15) is 48.1 Å². The zero-order valence-corrected chi connectivity index (χ0v) is 21.9. The molecule has 4 heterocycles. The molecule has 13 heteroatoms. The minimum Gasteiger partial charge on any atom is -0.444 e. The highest BCUT2D eigenvalue weighted by Crippen LogP contribution is 2.50. The van der Waals surface area contributed by atoms with Gasteiger partial charge in [0.15, 0.2) is 11.5 Å². The molecule has 40 heavy (non-hydrogen) atoms. The Labute approximate surface area is 231 Å². The average molecular weight is 575 g/mol. The van der Waals surface area contributed by atoms with Crippen LogP contribution in [-0.4, -0.2) is 43.6 Å². The van der Waals surface area contributed by atoms with Gasteiger partial charge in [-0.05, 0) is 67.4 Å². The minimum absolute atomic E-state index is 0.0434. The van der Waals surface area contributed by atoms with Crippen LogP contribution >= 0.6 is 11.6 Å². The Morgan fingerprint density at radius 1 is 1.12 bits per heavy atom. The van der Waals surface area contributed by atoms with Crippen molar-refractivity contribution in [2.24, 2.45) is 0 Å². The predicted molar refractivity (Wildman–Crippen MR) is 136 cm³/mol. The molecular formula is C27H23ClF4N6O2. The predicted octanol–water partition coefficient (Wildman–Crippen LogP) is 6.10. The summed E-state index contributed by atoms with van der Waals surface area (Å²) >= 11 is 5.91. The first-order chi connectivity index (χ1) is 19.1. The number of fused-ring (bicyclic) bond motifs is 1. The molecule has 2 aliphatic heterocycles. The molecule has 1 N–H and O–H groups in total. The van der Waals surface area contributed by atoms with Gasteiger partial charge in [0.25, 0.3) is 5.79 Å². The van der Waals surface area contributed by atoms with E-state index in [4.69, 9.17) is 21.1 Å². The zero-order chi connectivity index (χ0) is 28.1. The van der Waals surface area contributed by atoms with Gasteiger partial charge < -0.3 is 9.47 Å². The summed E-state index contributed by atoms with van der Waals surface area (Å²) in [5.41, 5.74) is 0.406. The van der Waals surface area contributed by atoms with E-state index < -0.39 is 23.3 Å². The second kappa shape index (κ2) is 10.0. The molecule has 0 amide bonds. The first-order valence-corrected chi connectivity index (χ1v) is 13.0. The number of hydrogen-bond donors (Lipinski definition) is 1. The van der Waals surface area contributed by atoms with Crippen LogP contribution in [-0.2, 0) is 18.5 Å². The SMILES string of the molecule is C[C@@]1(c2ccc(Cl)cc2F)Oc2cccc(C3CCN(Cc4ncc(-c5nn[nH]n5)cc4C(F)(F)F)CC3)c2O1. The third kappa shape index (κ3) is 4.97. The van der Waals surface area contributed by atoms with E-state index >= 15 is 0 Å². The van der Waals surface area contributed by atoms with Crippen LogP contribution in [0.4, 0.5) is 17.6 Å². The van der Waals surface area contributed by atoms with E-state index in [1.165, 1.54) is 12.3 Å². The summed E-state index contributed by atoms with van der Waals surface area (Å²) in [7, 11) is 0. The van der Waals surface area contributed by atoms with Crippen molar-refractivity contribution in [2.45, 2.75) is 44.2 Å². The van der Waals surface area contributed by atoms with Crippen molar-refractivity contribution in [3.8, 4) is 22.9 Å². The number of benzene rings is 2. The van der Waals surface area contributed by atoms with Gasteiger partial charge in [0.1, 0.15) is 5.82 Å². The number of nitrogens with one attached hydrogen (secondary N) is 1. The highest BCUT2D eigenvalue weighted by atomic mass is 35.5. The Balaban J connectivity index is 1.17. The second-order valence-electron chi connectivity index (χ2n) is 9.95. The Kier molecular flexibility index (Phi) is 6.62. The number of para-hydroxylation sites is 1. The lowest BCUT2D eigenvalue weighted by molar-refractivity contribution is -0.138. The highest BCUT2D eigenvalue weighted by Gasteiger charge is 2.43. The number of hydrogen-bond acceptors (Lipinski definition) is 7. The summed E-state index contributed by atoms with van der Waals surface area (Å²) in [5.74, 6) is -0.700. The maximum absolute atomic E-state index is 14.7. The lowest BCUT2D eigenvalue weighted by Gasteiger charge is -2.33. The van der Waals surface area contributed by atoms with Crippen LogP contribution in [0, 0.1) is 5.82 Å². The molecule has 1 atom stereocenters. The van der Waals surface area contributed by atoms with E-state index in [1.807, 2.05) is 17.0 Å². The number of alkyl halides is 3. The average Bonchev–Trinajstić information content (AvgIpc) is 3.57. The highest BCUT2D eigenvalue weighted by molar-refractivity contribution is 6.30. The van der Waals surface area contributed by atoms with Crippen LogP contribution in [0.3, 0.4) is 0 Å². The number of pyridine rings is 1. The van der Waals surface area contributed by atoms with Gasteiger partial charge >= 0.3 is 6.18 Å². The number of aromatic amines is 1. The monoisotopic (exact) mass is 574 g/mol. The summed E-state index contributed by atoms with van der Waals surface area (Å²) in [5, 5.41) is 13.4. The van der Waals surface area contributed by atoms with E-state index in [2.05, 4.69) is 25.6 Å². The number of ether oxygens (including phenoxy) is 2. The maximum Gasteiger partial charge on any atom is 0.418 e. The van der Waals surface area contributed by atoms with Crippen molar-refractivity contribution < 1.29 is 27.0 Å². The third-order valence-electron chi connectivity index (χ3n) is 7.31. The molecule has 2 aliphatic rings. The molecule has 0 bridgehead atoms. The standard InChI is InChI=1S/C27H23ClF4N6O2/c1-26(19-6-5-17(28)12-21(19)29)39-23-4-2-3-18(24(23)40-26)15-7-9-38(10-8-15)14-22-20(27(30,31)32)11-16(13-33-22)25-34-36-37-35-25/h2-6,11-13,15H,7-10,14H2,1H3,(H,34,35,36,37)/t26-/m1/s1. The first kappa shape index (κ1) is 26.5. The van der Waals surface area contributed by atoms with E-state index in [-0.39, 0.29) is 40.1 Å². The normalized spacial score (nSPS) is 19.8. The fraction of sp³-hybridized carbons (Fsp3) is 0.333. The Morgan fingerprint density at radius 2 is 1.93 bits per heavy atom. The summed E-state index contributed by atoms with van der Waals surface area (Å²) in [6.07, 6.45) is -1.88. The molecule has 1 saturated heterocycles. The number of H-pyrrole nitrogens is 1. The zero-order valence-electron chi connectivity index (χ0n) is 21.2. The largest absolute Gasteiger partial charge is 0.444 e. The van der Waals surface area contributed by atoms with Crippen LogP contribution in [0.25, 0.3) is 11.4 Å². The molecular weight excluding hydrogens is 552 g/mol. The van der Waals surface area contributed by atoms with Crippen LogP contribution in [0.2, 0.25) is 5.02 Å². The molecule has 0 radical (unpaired) electrons. The number of likely N-dealkylation sites (tertiary alicyclic amines) is 1. The number of aromatic nitrogens is 5. The number of halogens is 5. The molecule has 4 aromatic rings. The first-order valence-electron chi connectivity index (χ1n) is 12.6. The van der Waals surface area contributed by atoms with Crippen molar-refractivity contribution in [3.05, 3.63) is 81.9 Å². The van der Waals surface area contributed by atoms with Crippen LogP contribution < -0.4 is 9.47 Å². The summed E-state index contributed by atoms with van der Waals surface area (Å²) in [6.45, 7) is 2.82. The Hall–Kier alpha value is -3.77. The summed E-state index contributed by atoms with van der Waals surface area (Å²) < 4.78 is 68.7. The van der Waals surface area contributed by atoms with Crippen LogP contribution in [0.5, 0.6) is 11.5 Å². The quantitative estimate of drug-likeness (QED) is 0.288. The molecule has 1 fully saturated rings. The van der Waals surface area contributed by atoms with Gasteiger partial charge in [0.05, 0.1) is 16.8 Å². The number of piperidine rings is 1.